The van der Waals surface area contributed by atoms with Crippen molar-refractivity contribution in [3.8, 4) is 0 Å². The van der Waals surface area contributed by atoms with Gasteiger partial charge in [0.05, 0.1) is 6.10 Å². The van der Waals surface area contributed by atoms with E-state index in [4.69, 9.17) is 5.11 Å². The molecule has 1 atom stereocenters. The van der Waals surface area contributed by atoms with Crippen LogP contribution in [-0.4, -0.2) is 33.9 Å². The van der Waals surface area contributed by atoms with Crippen molar-refractivity contribution in [2.24, 2.45) is 0 Å². The molecule has 150 valence electrons. The molecule has 5 heteroatoms. The number of hydrogen-bond acceptors (Lipinski definition) is 4. The van der Waals surface area contributed by atoms with Crippen molar-refractivity contribution in [2.75, 3.05) is 0 Å². The van der Waals surface area contributed by atoms with E-state index in [0.29, 0.717) is 12.8 Å². The average Bonchev–Trinajstić information content (AvgIpc) is 2.62. The van der Waals surface area contributed by atoms with Crippen LogP contribution in [0.3, 0.4) is 0 Å². The first-order valence-electron chi connectivity index (χ1n) is 9.59. The van der Waals surface area contributed by atoms with Crippen LogP contribution in [0.2, 0.25) is 0 Å². The minimum absolute atomic E-state index is 0.0131. The summed E-state index contributed by atoms with van der Waals surface area (Å²) >= 11 is 0. The number of unbranched alkanes of at least 4 members (excludes halogenated alkanes) is 3. The van der Waals surface area contributed by atoms with Gasteiger partial charge in [0, 0.05) is 12.5 Å². The number of rotatable bonds is 16. The molecule has 2 N–H and O–H groups in total. The molecule has 0 aliphatic rings. The van der Waals surface area contributed by atoms with Gasteiger partial charge in [-0.25, -0.2) is 4.79 Å². The monoisotopic (exact) mass is 376 g/mol. The molecule has 0 aliphatic heterocycles. The number of carboxylic acid groups (broad SMARTS) is 1. The van der Waals surface area contributed by atoms with Gasteiger partial charge >= 0.3 is 5.97 Å². The molecule has 0 spiro atoms. The van der Waals surface area contributed by atoms with Gasteiger partial charge < -0.3 is 10.2 Å². The minimum Gasteiger partial charge on any atom is -0.478 e. The molecule has 0 bridgehead atoms. The Hall–Kier alpha value is -2.27. The molecular formula is C22H32O5. The van der Waals surface area contributed by atoms with Crippen molar-refractivity contribution >= 4 is 17.5 Å². The highest BCUT2D eigenvalue weighted by Gasteiger charge is 2.02. The Kier molecular flexibility index (Phi) is 15.7. The number of aliphatic hydroxyl groups is 1. The predicted octanol–water partition coefficient (Wildman–Crippen LogP) is 4.33. The maximum atomic E-state index is 11.7. The first-order valence-corrected chi connectivity index (χ1v) is 9.59. The largest absolute Gasteiger partial charge is 0.478 e. The van der Waals surface area contributed by atoms with Crippen molar-refractivity contribution in [3.63, 3.8) is 0 Å². The van der Waals surface area contributed by atoms with Crippen LogP contribution in [0.25, 0.3) is 0 Å². The number of aliphatic hydroxyl groups excluding tert-OH is 1. The van der Waals surface area contributed by atoms with Gasteiger partial charge in [-0.3, -0.25) is 9.59 Å². The van der Waals surface area contributed by atoms with Crippen molar-refractivity contribution in [1.29, 1.82) is 0 Å². The van der Waals surface area contributed by atoms with Gasteiger partial charge in [-0.1, -0.05) is 50.5 Å². The lowest BCUT2D eigenvalue weighted by atomic mass is 10.1. The van der Waals surface area contributed by atoms with E-state index in [1.54, 1.807) is 24.3 Å². The standard InChI is InChI=1S/C22H32O5/c1-2-3-7-12-19(23)14-10-6-11-15-20(24)13-8-4-5-9-16-21(25)17-18-22(26)27/h4,8-9,11,15-19,23H,2-3,5-7,10,12-14H2,1H3,(H,26,27). The summed E-state index contributed by atoms with van der Waals surface area (Å²) in [6.07, 6.45) is 18.9. The second-order valence-electron chi connectivity index (χ2n) is 6.34. The van der Waals surface area contributed by atoms with Gasteiger partial charge in [-0.15, -0.1) is 0 Å². The molecule has 5 nitrogen and oxygen atoms in total. The third kappa shape index (κ3) is 18.3. The van der Waals surface area contributed by atoms with Gasteiger partial charge in [-0.05, 0) is 50.3 Å². The van der Waals surface area contributed by atoms with Crippen LogP contribution in [0.1, 0.15) is 64.7 Å². The van der Waals surface area contributed by atoms with Crippen LogP contribution in [0.4, 0.5) is 0 Å². The molecule has 0 heterocycles. The topological polar surface area (TPSA) is 91.7 Å². The lowest BCUT2D eigenvalue weighted by Crippen LogP contribution is -2.05. The van der Waals surface area contributed by atoms with E-state index >= 15 is 0 Å². The molecule has 0 saturated heterocycles. The molecule has 0 aromatic carbocycles. The summed E-state index contributed by atoms with van der Waals surface area (Å²) in [4.78, 5) is 33.2. The Morgan fingerprint density at radius 3 is 2.30 bits per heavy atom. The van der Waals surface area contributed by atoms with Gasteiger partial charge in [0.1, 0.15) is 0 Å². The van der Waals surface area contributed by atoms with Gasteiger partial charge in [0.25, 0.3) is 0 Å². The number of carboxylic acids is 1. The summed E-state index contributed by atoms with van der Waals surface area (Å²) in [5.41, 5.74) is 0. The normalized spacial score (nSPS) is 13.3. The quantitative estimate of drug-likeness (QED) is 0.238. The zero-order chi connectivity index (χ0) is 20.3. The molecule has 0 aromatic rings. The van der Waals surface area contributed by atoms with E-state index in [1.807, 2.05) is 6.08 Å². The Bertz CT molecular complexity index is 555. The van der Waals surface area contributed by atoms with Crippen molar-refractivity contribution < 1.29 is 24.6 Å². The van der Waals surface area contributed by atoms with E-state index in [9.17, 15) is 19.5 Å². The number of ketones is 2. The molecule has 0 saturated carbocycles. The number of aliphatic carboxylic acids is 1. The molecule has 1 unspecified atom stereocenters. The average molecular weight is 376 g/mol. The third-order valence-electron chi connectivity index (χ3n) is 3.78. The summed E-state index contributed by atoms with van der Waals surface area (Å²) in [7, 11) is 0. The summed E-state index contributed by atoms with van der Waals surface area (Å²) < 4.78 is 0. The molecular weight excluding hydrogens is 344 g/mol. The van der Waals surface area contributed by atoms with Crippen LogP contribution < -0.4 is 0 Å². The third-order valence-corrected chi connectivity index (χ3v) is 3.78. The van der Waals surface area contributed by atoms with Crippen LogP contribution in [-0.2, 0) is 14.4 Å². The highest BCUT2D eigenvalue weighted by atomic mass is 16.4. The molecule has 0 amide bonds. The van der Waals surface area contributed by atoms with E-state index in [2.05, 4.69) is 6.92 Å². The fraction of sp³-hybridized carbons (Fsp3) is 0.500. The van der Waals surface area contributed by atoms with Gasteiger partial charge in [-0.2, -0.15) is 0 Å². The number of allylic oxidation sites excluding steroid dienone is 7. The summed E-state index contributed by atoms with van der Waals surface area (Å²) in [5.74, 6) is -1.54. The fourth-order valence-electron chi connectivity index (χ4n) is 2.30. The maximum absolute atomic E-state index is 11.7. The molecule has 0 fully saturated rings. The fourth-order valence-corrected chi connectivity index (χ4v) is 2.30. The first kappa shape index (κ1) is 24.7. The number of carbonyl (C=O) groups excluding carboxylic acids is 2. The van der Waals surface area contributed by atoms with E-state index in [-0.39, 0.29) is 17.7 Å². The van der Waals surface area contributed by atoms with E-state index in [1.165, 1.54) is 6.08 Å². The van der Waals surface area contributed by atoms with Crippen molar-refractivity contribution in [1.82, 2.24) is 0 Å². The van der Waals surface area contributed by atoms with Crippen LogP contribution in [0.5, 0.6) is 0 Å². The Morgan fingerprint density at radius 2 is 1.59 bits per heavy atom. The SMILES string of the molecule is CCCCCC(O)CCCC=CC(=O)CC=CCC=CC(=O)C=CC(=O)O. The van der Waals surface area contributed by atoms with Gasteiger partial charge in [0.2, 0.25) is 0 Å². The zero-order valence-corrected chi connectivity index (χ0v) is 16.2. The lowest BCUT2D eigenvalue weighted by Gasteiger charge is -2.08. The Morgan fingerprint density at radius 1 is 0.852 bits per heavy atom. The number of carbonyl (C=O) groups is 3. The molecule has 0 rings (SSSR count). The second-order valence-corrected chi connectivity index (χ2v) is 6.34. The highest BCUT2D eigenvalue weighted by Crippen LogP contribution is 2.10. The zero-order valence-electron chi connectivity index (χ0n) is 16.2. The van der Waals surface area contributed by atoms with Crippen LogP contribution in [0.15, 0.2) is 48.6 Å². The predicted molar refractivity (Wildman–Crippen MR) is 107 cm³/mol. The first-order chi connectivity index (χ1) is 13.0. The summed E-state index contributed by atoms with van der Waals surface area (Å²) in [6.45, 7) is 2.14. The molecule has 0 aromatic heterocycles. The smallest absolute Gasteiger partial charge is 0.328 e. The van der Waals surface area contributed by atoms with E-state index < -0.39 is 5.97 Å². The minimum atomic E-state index is -1.16. The maximum Gasteiger partial charge on any atom is 0.328 e. The summed E-state index contributed by atoms with van der Waals surface area (Å²) in [5, 5.41) is 18.2. The second kappa shape index (κ2) is 17.2. The van der Waals surface area contributed by atoms with E-state index in [0.717, 1.165) is 57.1 Å². The summed E-state index contributed by atoms with van der Waals surface area (Å²) in [6, 6.07) is 0. The Labute approximate surface area is 162 Å². The molecule has 0 radical (unpaired) electrons. The Balaban J connectivity index is 3.80. The van der Waals surface area contributed by atoms with Crippen molar-refractivity contribution in [2.45, 2.75) is 70.8 Å². The molecule has 0 aliphatic carbocycles. The highest BCUT2D eigenvalue weighted by molar-refractivity contribution is 6.02. The van der Waals surface area contributed by atoms with Crippen LogP contribution in [0, 0.1) is 0 Å². The van der Waals surface area contributed by atoms with Crippen molar-refractivity contribution in [3.05, 3.63) is 48.6 Å². The lowest BCUT2D eigenvalue weighted by molar-refractivity contribution is -0.131. The van der Waals surface area contributed by atoms with Crippen LogP contribution >= 0.6 is 0 Å². The molecule has 27 heavy (non-hydrogen) atoms. The number of hydrogen-bond donors (Lipinski definition) is 2. The van der Waals surface area contributed by atoms with Gasteiger partial charge in [0.15, 0.2) is 11.6 Å².